The number of nitrogens with one attached hydrogen (secondary N) is 2. The standard InChI is InChI=1S/C33H45N3O7/c1-22(2)19-26(31(40)43-33(3,4)5)34-29(38)28(37)27-17-12-18-36(27)30(39)25(20-23-13-8-6-9-14-23)35-32(41)42-21-24-15-10-7-11-16-24/h6-11,13-16,22,25-28,37H,12,17-21H2,1-5H3,(H,34,38)(H,35,41)/t25-,26-,27-,28?/m0/s1. The van der Waals surface area contributed by atoms with Crippen LogP contribution in [-0.2, 0) is 36.9 Å². The van der Waals surface area contributed by atoms with Gasteiger partial charge >= 0.3 is 12.1 Å². The van der Waals surface area contributed by atoms with E-state index in [1.54, 1.807) is 20.8 Å². The molecule has 0 saturated carbocycles. The van der Waals surface area contributed by atoms with Crippen molar-refractivity contribution in [3.8, 4) is 0 Å². The highest BCUT2D eigenvalue weighted by atomic mass is 16.6. The number of esters is 1. The van der Waals surface area contributed by atoms with Crippen molar-refractivity contribution < 1.29 is 33.8 Å². The van der Waals surface area contributed by atoms with E-state index < -0.39 is 53.7 Å². The van der Waals surface area contributed by atoms with E-state index in [0.29, 0.717) is 25.8 Å². The number of ether oxygens (including phenoxy) is 2. The fourth-order valence-electron chi connectivity index (χ4n) is 5.04. The van der Waals surface area contributed by atoms with Gasteiger partial charge in [0, 0.05) is 13.0 Å². The maximum absolute atomic E-state index is 13.9. The van der Waals surface area contributed by atoms with Gasteiger partial charge in [-0.3, -0.25) is 9.59 Å². The second-order valence-corrected chi connectivity index (χ2v) is 12.4. The molecule has 3 rings (SSSR count). The lowest BCUT2D eigenvalue weighted by Gasteiger charge is -2.32. The van der Waals surface area contributed by atoms with Crippen molar-refractivity contribution in [3.63, 3.8) is 0 Å². The van der Waals surface area contributed by atoms with Gasteiger partial charge in [-0.25, -0.2) is 9.59 Å². The van der Waals surface area contributed by atoms with Gasteiger partial charge in [-0.2, -0.15) is 0 Å². The largest absolute Gasteiger partial charge is 0.458 e. The molecule has 43 heavy (non-hydrogen) atoms. The molecule has 1 heterocycles. The van der Waals surface area contributed by atoms with Crippen LogP contribution >= 0.6 is 0 Å². The highest BCUT2D eigenvalue weighted by Gasteiger charge is 2.41. The van der Waals surface area contributed by atoms with Crippen molar-refractivity contribution in [3.05, 3.63) is 71.8 Å². The van der Waals surface area contributed by atoms with Crippen molar-refractivity contribution in [2.75, 3.05) is 6.54 Å². The number of aliphatic hydroxyl groups is 1. The Balaban J connectivity index is 1.73. The van der Waals surface area contributed by atoms with Crippen molar-refractivity contribution >= 4 is 23.9 Å². The van der Waals surface area contributed by atoms with Gasteiger partial charge in [0.05, 0.1) is 6.04 Å². The summed E-state index contributed by atoms with van der Waals surface area (Å²) in [6, 6.07) is 15.7. The summed E-state index contributed by atoms with van der Waals surface area (Å²) in [6.07, 6.45) is -0.848. The lowest BCUT2D eigenvalue weighted by Crippen LogP contribution is -2.57. The highest BCUT2D eigenvalue weighted by molar-refractivity contribution is 5.90. The molecule has 4 atom stereocenters. The van der Waals surface area contributed by atoms with Crippen molar-refractivity contribution in [2.24, 2.45) is 5.92 Å². The average molecular weight is 596 g/mol. The third-order valence-electron chi connectivity index (χ3n) is 7.02. The number of hydrogen-bond acceptors (Lipinski definition) is 7. The molecule has 10 nitrogen and oxygen atoms in total. The van der Waals surface area contributed by atoms with Gasteiger partial charge in [0.1, 0.15) is 24.3 Å². The number of likely N-dealkylation sites (tertiary alicyclic amines) is 1. The van der Waals surface area contributed by atoms with Gasteiger partial charge < -0.3 is 30.1 Å². The van der Waals surface area contributed by atoms with Gasteiger partial charge in [0.15, 0.2) is 6.10 Å². The normalized spacial score (nSPS) is 17.1. The van der Waals surface area contributed by atoms with E-state index >= 15 is 0 Å². The molecule has 0 aliphatic carbocycles. The van der Waals surface area contributed by atoms with Crippen LogP contribution in [0.4, 0.5) is 4.79 Å². The minimum atomic E-state index is -1.58. The SMILES string of the molecule is CC(C)C[C@H](NC(=O)C(O)[C@@H]1CCCN1C(=O)[C@H](Cc1ccccc1)NC(=O)OCc1ccccc1)C(=O)OC(C)(C)C. The number of aliphatic hydroxyl groups excluding tert-OH is 1. The summed E-state index contributed by atoms with van der Waals surface area (Å²) < 4.78 is 10.9. The third kappa shape index (κ3) is 10.7. The van der Waals surface area contributed by atoms with Gasteiger partial charge in [-0.15, -0.1) is 0 Å². The van der Waals surface area contributed by atoms with Gasteiger partial charge in [0.2, 0.25) is 5.91 Å². The molecule has 0 spiro atoms. The molecule has 1 unspecified atom stereocenters. The first-order valence-electron chi connectivity index (χ1n) is 14.9. The monoisotopic (exact) mass is 595 g/mol. The first-order chi connectivity index (χ1) is 20.3. The van der Waals surface area contributed by atoms with E-state index in [-0.39, 0.29) is 18.9 Å². The number of benzene rings is 2. The fourth-order valence-corrected chi connectivity index (χ4v) is 5.04. The van der Waals surface area contributed by atoms with Crippen LogP contribution in [0.3, 0.4) is 0 Å². The van der Waals surface area contributed by atoms with E-state index in [1.807, 2.05) is 74.5 Å². The van der Waals surface area contributed by atoms with Crippen LogP contribution in [-0.4, -0.2) is 70.3 Å². The Morgan fingerprint density at radius 2 is 1.53 bits per heavy atom. The van der Waals surface area contributed by atoms with Crippen LogP contribution in [0, 0.1) is 5.92 Å². The Bertz CT molecular complexity index is 1210. The quantitative estimate of drug-likeness (QED) is 0.318. The Kier molecular flexibility index (Phi) is 12.1. The second-order valence-electron chi connectivity index (χ2n) is 12.4. The third-order valence-corrected chi connectivity index (χ3v) is 7.02. The average Bonchev–Trinajstić information content (AvgIpc) is 3.44. The summed E-state index contributed by atoms with van der Waals surface area (Å²) in [7, 11) is 0. The van der Waals surface area contributed by atoms with Crippen LogP contribution in [0.25, 0.3) is 0 Å². The zero-order chi connectivity index (χ0) is 31.6. The van der Waals surface area contributed by atoms with Crippen LogP contribution in [0.15, 0.2) is 60.7 Å². The minimum Gasteiger partial charge on any atom is -0.458 e. The number of carbonyl (C=O) groups excluding carboxylic acids is 4. The fraction of sp³-hybridized carbons (Fsp3) is 0.515. The molecule has 3 N–H and O–H groups in total. The number of amides is 3. The predicted molar refractivity (Wildman–Crippen MR) is 162 cm³/mol. The van der Waals surface area contributed by atoms with Gasteiger partial charge in [0.25, 0.3) is 5.91 Å². The Morgan fingerprint density at radius 3 is 2.12 bits per heavy atom. The summed E-state index contributed by atoms with van der Waals surface area (Å²) >= 11 is 0. The highest BCUT2D eigenvalue weighted by Crippen LogP contribution is 2.23. The Labute approximate surface area is 254 Å². The van der Waals surface area contributed by atoms with Crippen molar-refractivity contribution in [1.82, 2.24) is 15.5 Å². The molecule has 3 amide bonds. The maximum Gasteiger partial charge on any atom is 0.408 e. The van der Waals surface area contributed by atoms with E-state index in [9.17, 15) is 24.3 Å². The number of rotatable bonds is 12. The molecule has 1 fully saturated rings. The molecule has 0 aromatic heterocycles. The van der Waals surface area contributed by atoms with Crippen molar-refractivity contribution in [2.45, 2.75) is 96.7 Å². The van der Waals surface area contributed by atoms with Crippen LogP contribution in [0.1, 0.15) is 65.0 Å². The molecule has 1 aliphatic heterocycles. The zero-order valence-corrected chi connectivity index (χ0v) is 25.7. The summed E-state index contributed by atoms with van der Waals surface area (Å²) in [5.74, 6) is -1.69. The number of carbonyl (C=O) groups is 4. The smallest absolute Gasteiger partial charge is 0.408 e. The zero-order valence-electron chi connectivity index (χ0n) is 25.7. The first-order valence-corrected chi connectivity index (χ1v) is 14.9. The van der Waals surface area contributed by atoms with E-state index in [0.717, 1.165) is 11.1 Å². The lowest BCUT2D eigenvalue weighted by atomic mass is 10.0. The molecule has 0 bridgehead atoms. The van der Waals surface area contributed by atoms with E-state index in [2.05, 4.69) is 10.6 Å². The summed E-state index contributed by atoms with van der Waals surface area (Å²) in [5.41, 5.74) is 0.888. The first kappa shape index (κ1) is 33.6. The molecule has 1 saturated heterocycles. The molecule has 0 radical (unpaired) electrons. The summed E-state index contributed by atoms with van der Waals surface area (Å²) in [6.45, 7) is 9.42. The second kappa shape index (κ2) is 15.5. The molecule has 2 aromatic carbocycles. The van der Waals surface area contributed by atoms with E-state index in [1.165, 1.54) is 4.90 Å². The van der Waals surface area contributed by atoms with Crippen molar-refractivity contribution in [1.29, 1.82) is 0 Å². The maximum atomic E-state index is 13.9. The molecule has 10 heteroatoms. The molecule has 1 aliphatic rings. The number of hydrogen-bond donors (Lipinski definition) is 3. The van der Waals surface area contributed by atoms with Gasteiger partial charge in [-0.05, 0) is 57.1 Å². The topological polar surface area (TPSA) is 134 Å². The number of alkyl carbamates (subject to hydrolysis) is 1. The minimum absolute atomic E-state index is 0.0410. The molecular weight excluding hydrogens is 550 g/mol. The van der Waals surface area contributed by atoms with Crippen LogP contribution in [0.5, 0.6) is 0 Å². The number of nitrogens with zero attached hydrogens (tertiary/aromatic N) is 1. The summed E-state index contributed by atoms with van der Waals surface area (Å²) in [5, 5.41) is 16.5. The van der Waals surface area contributed by atoms with Gasteiger partial charge in [-0.1, -0.05) is 74.5 Å². The van der Waals surface area contributed by atoms with E-state index in [4.69, 9.17) is 9.47 Å². The Hall–Kier alpha value is -3.92. The Morgan fingerprint density at radius 1 is 0.930 bits per heavy atom. The summed E-state index contributed by atoms with van der Waals surface area (Å²) in [4.78, 5) is 54.1. The van der Waals surface area contributed by atoms with Crippen LogP contribution in [0.2, 0.25) is 0 Å². The lowest BCUT2D eigenvalue weighted by molar-refractivity contribution is -0.160. The van der Waals surface area contributed by atoms with Crippen LogP contribution < -0.4 is 10.6 Å². The molecule has 234 valence electrons. The molecular formula is C33H45N3O7. The molecule has 2 aromatic rings. The predicted octanol–water partition coefficient (Wildman–Crippen LogP) is 3.75.